The van der Waals surface area contributed by atoms with Gasteiger partial charge in [0.05, 0.1) is 4.90 Å². The summed E-state index contributed by atoms with van der Waals surface area (Å²) in [7, 11) is -3.68. The van der Waals surface area contributed by atoms with Crippen molar-refractivity contribution >= 4 is 45.4 Å². The van der Waals surface area contributed by atoms with Crippen LogP contribution in [0.1, 0.15) is 29.5 Å². The minimum atomic E-state index is -3.68. The fourth-order valence-electron chi connectivity index (χ4n) is 2.66. The number of benzene rings is 2. The van der Waals surface area contributed by atoms with Gasteiger partial charge >= 0.3 is 0 Å². The zero-order valence-corrected chi connectivity index (χ0v) is 17.9. The molecular formula is C21H20ClN3O4S. The van der Waals surface area contributed by atoms with Crippen LogP contribution in [0.3, 0.4) is 0 Å². The van der Waals surface area contributed by atoms with E-state index in [9.17, 15) is 13.2 Å². The molecule has 1 aromatic heterocycles. The third kappa shape index (κ3) is 5.35. The molecule has 156 valence electrons. The second kappa shape index (κ2) is 9.25. The Hall–Kier alpha value is -2.94. The summed E-state index contributed by atoms with van der Waals surface area (Å²) in [5.74, 6) is 0.176. The van der Waals surface area contributed by atoms with Gasteiger partial charge in [0.15, 0.2) is 5.76 Å². The number of carbonyl (C=O) groups is 1. The number of anilines is 1. The first-order valence-corrected chi connectivity index (χ1v) is 10.9. The molecule has 0 atom stereocenters. The largest absolute Gasteiger partial charge is 0.354 e. The fourth-order valence-corrected chi connectivity index (χ4v) is 3.87. The third-order valence-electron chi connectivity index (χ3n) is 4.22. The number of carbonyl (C=O) groups excluding carboxylic acids is 1. The predicted octanol–water partition coefficient (Wildman–Crippen LogP) is 4.24. The van der Waals surface area contributed by atoms with Crippen molar-refractivity contribution in [2.75, 3.05) is 5.32 Å². The van der Waals surface area contributed by atoms with Crippen molar-refractivity contribution in [3.8, 4) is 0 Å². The Balaban J connectivity index is 1.71. The first-order valence-electron chi connectivity index (χ1n) is 9.01. The van der Waals surface area contributed by atoms with Gasteiger partial charge in [0, 0.05) is 18.5 Å². The lowest BCUT2D eigenvalue weighted by Gasteiger charge is -2.08. The van der Waals surface area contributed by atoms with E-state index in [1.165, 1.54) is 19.1 Å². The van der Waals surface area contributed by atoms with Crippen molar-refractivity contribution in [3.05, 3.63) is 76.1 Å². The molecule has 2 aromatic carbocycles. The van der Waals surface area contributed by atoms with E-state index in [0.29, 0.717) is 27.7 Å². The van der Waals surface area contributed by atoms with E-state index in [1.54, 1.807) is 55.5 Å². The van der Waals surface area contributed by atoms with Gasteiger partial charge in [-0.15, -0.1) is 0 Å². The molecule has 0 aliphatic heterocycles. The van der Waals surface area contributed by atoms with Gasteiger partial charge in [-0.1, -0.05) is 53.2 Å². The average molecular weight is 446 g/mol. The van der Waals surface area contributed by atoms with Gasteiger partial charge in [0.2, 0.25) is 15.9 Å². The quantitative estimate of drug-likeness (QED) is 0.566. The van der Waals surface area contributed by atoms with Gasteiger partial charge in [0.25, 0.3) is 0 Å². The summed E-state index contributed by atoms with van der Waals surface area (Å²) >= 11 is 6.07. The Morgan fingerprint density at radius 1 is 1.13 bits per heavy atom. The zero-order chi connectivity index (χ0) is 21.7. The SMILES string of the molecule is CC(=O)Nc1c(C)noc1/C=C\c1ccc(S(=O)(=O)NCc2ccccc2Cl)cc1. The summed E-state index contributed by atoms with van der Waals surface area (Å²) < 4.78 is 32.8. The van der Waals surface area contributed by atoms with Gasteiger partial charge < -0.3 is 9.84 Å². The van der Waals surface area contributed by atoms with Gasteiger partial charge in [-0.25, -0.2) is 13.1 Å². The number of aryl methyl sites for hydroxylation is 1. The Labute approximate surface area is 179 Å². The third-order valence-corrected chi connectivity index (χ3v) is 6.00. The molecule has 9 heteroatoms. The standard InChI is InChI=1S/C21H20ClN3O4S/c1-14-21(24-15(2)26)20(29-25-14)12-9-16-7-10-18(11-8-16)30(27,28)23-13-17-5-3-4-6-19(17)22/h3-12,23H,13H2,1-2H3,(H,24,26)/b12-9-. The van der Waals surface area contributed by atoms with Gasteiger partial charge in [-0.3, -0.25) is 4.79 Å². The number of nitrogens with zero attached hydrogens (tertiary/aromatic N) is 1. The zero-order valence-electron chi connectivity index (χ0n) is 16.3. The lowest BCUT2D eigenvalue weighted by molar-refractivity contribution is -0.114. The highest BCUT2D eigenvalue weighted by molar-refractivity contribution is 7.89. The molecule has 0 aliphatic rings. The number of sulfonamides is 1. The van der Waals surface area contributed by atoms with E-state index in [1.807, 2.05) is 0 Å². The first-order chi connectivity index (χ1) is 14.3. The molecule has 1 amide bonds. The number of nitrogens with one attached hydrogen (secondary N) is 2. The molecule has 0 fully saturated rings. The summed E-state index contributed by atoms with van der Waals surface area (Å²) in [5.41, 5.74) is 2.51. The number of hydrogen-bond donors (Lipinski definition) is 2. The van der Waals surface area contributed by atoms with Crippen molar-refractivity contribution in [2.24, 2.45) is 0 Å². The number of rotatable bonds is 7. The molecule has 1 heterocycles. The summed E-state index contributed by atoms with van der Waals surface area (Å²) in [5, 5.41) is 7.02. The van der Waals surface area contributed by atoms with E-state index in [0.717, 1.165) is 5.56 Å². The van der Waals surface area contributed by atoms with Crippen molar-refractivity contribution in [3.63, 3.8) is 0 Å². The van der Waals surface area contributed by atoms with Crippen LogP contribution in [0.4, 0.5) is 5.69 Å². The maximum atomic E-state index is 12.5. The maximum Gasteiger partial charge on any atom is 0.240 e. The average Bonchev–Trinajstić information content (AvgIpc) is 3.05. The van der Waals surface area contributed by atoms with Crippen molar-refractivity contribution in [2.45, 2.75) is 25.3 Å². The maximum absolute atomic E-state index is 12.5. The molecule has 0 bridgehead atoms. The predicted molar refractivity (Wildman–Crippen MR) is 116 cm³/mol. The fraction of sp³-hybridized carbons (Fsp3) is 0.143. The van der Waals surface area contributed by atoms with Crippen molar-refractivity contribution in [1.82, 2.24) is 9.88 Å². The molecule has 0 unspecified atom stereocenters. The molecule has 0 radical (unpaired) electrons. The molecular weight excluding hydrogens is 426 g/mol. The molecule has 3 aromatic rings. The molecule has 30 heavy (non-hydrogen) atoms. The number of halogens is 1. The normalized spacial score (nSPS) is 11.7. The van der Waals surface area contributed by atoms with Crippen LogP contribution >= 0.6 is 11.6 Å². The summed E-state index contributed by atoms with van der Waals surface area (Å²) in [6.07, 6.45) is 3.39. The van der Waals surface area contributed by atoms with Crippen LogP contribution in [-0.2, 0) is 21.4 Å². The summed E-state index contributed by atoms with van der Waals surface area (Å²) in [6.45, 7) is 3.22. The molecule has 0 aliphatic carbocycles. The van der Waals surface area contributed by atoms with Crippen LogP contribution in [0.25, 0.3) is 12.2 Å². The Morgan fingerprint density at radius 2 is 1.83 bits per heavy atom. The summed E-state index contributed by atoms with van der Waals surface area (Å²) in [4.78, 5) is 11.4. The number of aromatic nitrogens is 1. The second-order valence-electron chi connectivity index (χ2n) is 6.51. The highest BCUT2D eigenvalue weighted by atomic mass is 35.5. The Kier molecular flexibility index (Phi) is 6.71. The van der Waals surface area contributed by atoms with E-state index in [4.69, 9.17) is 16.1 Å². The van der Waals surface area contributed by atoms with Crippen molar-refractivity contribution in [1.29, 1.82) is 0 Å². The van der Waals surface area contributed by atoms with Crippen LogP contribution in [0.2, 0.25) is 5.02 Å². The van der Waals surface area contributed by atoms with Crippen LogP contribution < -0.4 is 10.0 Å². The minimum Gasteiger partial charge on any atom is -0.354 e. The van der Waals surface area contributed by atoms with Crippen LogP contribution in [0.5, 0.6) is 0 Å². The van der Waals surface area contributed by atoms with E-state index in [-0.39, 0.29) is 17.3 Å². The molecule has 0 saturated heterocycles. The molecule has 2 N–H and O–H groups in total. The highest BCUT2D eigenvalue weighted by Crippen LogP contribution is 2.23. The Morgan fingerprint density at radius 3 is 2.50 bits per heavy atom. The van der Waals surface area contributed by atoms with Gasteiger partial charge in [-0.05, 0) is 42.3 Å². The van der Waals surface area contributed by atoms with Crippen LogP contribution in [-0.4, -0.2) is 19.5 Å². The number of amides is 1. The second-order valence-corrected chi connectivity index (χ2v) is 8.68. The smallest absolute Gasteiger partial charge is 0.240 e. The van der Waals surface area contributed by atoms with E-state index < -0.39 is 10.0 Å². The number of hydrogen-bond acceptors (Lipinski definition) is 5. The van der Waals surface area contributed by atoms with Gasteiger partial charge in [-0.2, -0.15) is 0 Å². The first kappa shape index (κ1) is 21.8. The Bertz CT molecular complexity index is 1190. The van der Waals surface area contributed by atoms with E-state index in [2.05, 4.69) is 15.2 Å². The highest BCUT2D eigenvalue weighted by Gasteiger charge is 2.14. The molecule has 0 spiro atoms. The monoisotopic (exact) mass is 445 g/mol. The molecule has 0 saturated carbocycles. The molecule has 7 nitrogen and oxygen atoms in total. The van der Waals surface area contributed by atoms with Crippen molar-refractivity contribution < 1.29 is 17.7 Å². The van der Waals surface area contributed by atoms with Crippen LogP contribution in [0, 0.1) is 6.92 Å². The van der Waals surface area contributed by atoms with E-state index >= 15 is 0 Å². The lowest BCUT2D eigenvalue weighted by atomic mass is 10.2. The lowest BCUT2D eigenvalue weighted by Crippen LogP contribution is -2.23. The van der Waals surface area contributed by atoms with Crippen LogP contribution in [0.15, 0.2) is 57.9 Å². The topological polar surface area (TPSA) is 101 Å². The molecule has 3 rings (SSSR count). The minimum absolute atomic E-state index is 0.0976. The summed E-state index contributed by atoms with van der Waals surface area (Å²) in [6, 6.07) is 13.4. The van der Waals surface area contributed by atoms with Gasteiger partial charge in [0.1, 0.15) is 11.4 Å².